The number of phenolic OH excluding ortho intramolecular Hbond substituents is 1. The number of anilines is 1. The van der Waals surface area contributed by atoms with Crippen molar-refractivity contribution in [2.24, 2.45) is 0 Å². The fourth-order valence-electron chi connectivity index (χ4n) is 4.79. The third-order valence-corrected chi connectivity index (χ3v) is 6.52. The van der Waals surface area contributed by atoms with Crippen LogP contribution in [0.1, 0.15) is 24.4 Å². The highest BCUT2D eigenvalue weighted by molar-refractivity contribution is 5.77. The minimum atomic E-state index is 0.217. The number of nitrogens with one attached hydrogen (secondary N) is 1. The molecule has 0 spiro atoms. The number of hydrogen-bond acceptors (Lipinski definition) is 5. The molecule has 1 unspecified atom stereocenters. The number of nitrogens with zero attached hydrogens (tertiary/aromatic N) is 2. The van der Waals surface area contributed by atoms with E-state index in [4.69, 9.17) is 9.47 Å². The zero-order valence-electron chi connectivity index (χ0n) is 18.3. The molecule has 0 radical (unpaired) electrons. The summed E-state index contributed by atoms with van der Waals surface area (Å²) in [5, 5.41) is 9.48. The summed E-state index contributed by atoms with van der Waals surface area (Å²) in [6.45, 7) is 4.55. The van der Waals surface area contributed by atoms with E-state index in [1.807, 2.05) is 29.2 Å². The van der Waals surface area contributed by atoms with Crippen molar-refractivity contribution in [3.63, 3.8) is 0 Å². The van der Waals surface area contributed by atoms with Crippen LogP contribution in [0.4, 0.5) is 5.69 Å². The van der Waals surface area contributed by atoms with Gasteiger partial charge >= 0.3 is 0 Å². The topological polar surface area (TPSA) is 66.7 Å². The molecule has 2 N–H and O–H groups in total. The van der Waals surface area contributed by atoms with Gasteiger partial charge in [0.25, 0.3) is 5.91 Å². The molecule has 2 heterocycles. The molecule has 2 atom stereocenters. The van der Waals surface area contributed by atoms with Crippen molar-refractivity contribution in [1.29, 1.82) is 0 Å². The quantitative estimate of drug-likeness (QED) is 0.733. The number of amides is 1. The molecule has 31 heavy (non-hydrogen) atoms. The second kappa shape index (κ2) is 9.47. The van der Waals surface area contributed by atoms with E-state index in [1.165, 1.54) is 4.90 Å². The lowest BCUT2D eigenvalue weighted by molar-refractivity contribution is -0.910. The lowest BCUT2D eigenvalue weighted by Crippen LogP contribution is -3.11. The van der Waals surface area contributed by atoms with Crippen LogP contribution >= 0.6 is 0 Å². The van der Waals surface area contributed by atoms with Gasteiger partial charge in [0.05, 0.1) is 26.3 Å². The maximum atomic E-state index is 13.1. The first kappa shape index (κ1) is 21.3. The number of likely N-dealkylation sites (tertiary alicyclic amines) is 1. The van der Waals surface area contributed by atoms with Crippen LogP contribution in [0.2, 0.25) is 0 Å². The van der Waals surface area contributed by atoms with Crippen molar-refractivity contribution in [2.75, 3.05) is 58.4 Å². The minimum absolute atomic E-state index is 0.217. The second-order valence-electron chi connectivity index (χ2n) is 8.27. The predicted molar refractivity (Wildman–Crippen MR) is 119 cm³/mol. The Morgan fingerprint density at radius 3 is 2.48 bits per heavy atom. The number of phenols is 1. The van der Waals surface area contributed by atoms with Gasteiger partial charge in [-0.15, -0.1) is 0 Å². The molecule has 0 bridgehead atoms. The molecule has 2 aliphatic heterocycles. The van der Waals surface area contributed by atoms with Gasteiger partial charge < -0.3 is 29.3 Å². The van der Waals surface area contributed by atoms with E-state index in [2.05, 4.69) is 11.0 Å². The Morgan fingerprint density at radius 1 is 1.06 bits per heavy atom. The second-order valence-corrected chi connectivity index (χ2v) is 8.27. The first-order valence-electron chi connectivity index (χ1n) is 11.0. The van der Waals surface area contributed by atoms with Gasteiger partial charge in [-0.1, -0.05) is 0 Å². The standard InChI is InChI=1S/C24H31N3O4/c1-30-20-9-10-23(31-2)21(16-20)22-4-3-11-27(22)17-24(29)26-14-12-25(13-15-26)18-5-7-19(28)8-6-18/h5-10,16,22,28H,3-4,11-15,17H2,1-2H3/p+1/t22-/m0/s1. The molecule has 166 valence electrons. The number of rotatable bonds is 6. The third kappa shape index (κ3) is 4.71. The van der Waals surface area contributed by atoms with Gasteiger partial charge in [-0.05, 0) is 42.5 Å². The van der Waals surface area contributed by atoms with Crippen LogP contribution < -0.4 is 19.3 Å². The number of methoxy groups -OCH3 is 2. The third-order valence-electron chi connectivity index (χ3n) is 6.52. The van der Waals surface area contributed by atoms with Gasteiger partial charge in [-0.2, -0.15) is 0 Å². The number of ether oxygens (including phenoxy) is 2. The summed E-state index contributed by atoms with van der Waals surface area (Å²) >= 11 is 0. The highest BCUT2D eigenvalue weighted by Crippen LogP contribution is 2.31. The SMILES string of the molecule is COc1ccc(OC)c([C@@H]2CCC[NH+]2CC(=O)N2CCN(c3ccc(O)cc3)CC2)c1. The van der Waals surface area contributed by atoms with Crippen LogP contribution in [0.25, 0.3) is 0 Å². The number of carbonyl (C=O) groups excluding carboxylic acids is 1. The Labute approximate surface area is 183 Å². The first-order chi connectivity index (χ1) is 15.1. The summed E-state index contributed by atoms with van der Waals surface area (Å²) < 4.78 is 11.0. The lowest BCUT2D eigenvalue weighted by atomic mass is 10.0. The van der Waals surface area contributed by atoms with Crippen LogP contribution in [-0.2, 0) is 4.79 Å². The van der Waals surface area contributed by atoms with Gasteiger partial charge in [-0.25, -0.2) is 0 Å². The monoisotopic (exact) mass is 426 g/mol. The first-order valence-corrected chi connectivity index (χ1v) is 11.0. The summed E-state index contributed by atoms with van der Waals surface area (Å²) in [5.41, 5.74) is 2.21. The summed E-state index contributed by atoms with van der Waals surface area (Å²) in [5.74, 6) is 2.17. The summed E-state index contributed by atoms with van der Waals surface area (Å²) in [6.07, 6.45) is 2.14. The van der Waals surface area contributed by atoms with Gasteiger partial charge in [0, 0.05) is 44.7 Å². The molecule has 2 saturated heterocycles. The van der Waals surface area contributed by atoms with E-state index < -0.39 is 0 Å². The lowest BCUT2D eigenvalue weighted by Gasteiger charge is -2.36. The summed E-state index contributed by atoms with van der Waals surface area (Å²) in [4.78, 5) is 18.6. The van der Waals surface area contributed by atoms with E-state index in [0.29, 0.717) is 6.54 Å². The van der Waals surface area contributed by atoms with Gasteiger partial charge in [0.15, 0.2) is 6.54 Å². The van der Waals surface area contributed by atoms with E-state index in [1.54, 1.807) is 26.4 Å². The van der Waals surface area contributed by atoms with Crippen LogP contribution in [0.5, 0.6) is 17.2 Å². The van der Waals surface area contributed by atoms with Gasteiger partial charge in [-0.3, -0.25) is 4.79 Å². The van der Waals surface area contributed by atoms with Crippen molar-refractivity contribution >= 4 is 11.6 Å². The maximum Gasteiger partial charge on any atom is 0.277 e. The van der Waals surface area contributed by atoms with E-state index >= 15 is 0 Å². The minimum Gasteiger partial charge on any atom is -0.508 e. The van der Waals surface area contributed by atoms with Crippen molar-refractivity contribution < 1.29 is 24.3 Å². The molecule has 1 amide bonds. The molecule has 2 aliphatic rings. The summed E-state index contributed by atoms with van der Waals surface area (Å²) in [7, 11) is 3.37. The fraction of sp³-hybridized carbons (Fsp3) is 0.458. The molecule has 0 saturated carbocycles. The van der Waals surface area contributed by atoms with Crippen molar-refractivity contribution in [2.45, 2.75) is 18.9 Å². The van der Waals surface area contributed by atoms with E-state index in [-0.39, 0.29) is 17.7 Å². The molecule has 7 nitrogen and oxygen atoms in total. The zero-order valence-corrected chi connectivity index (χ0v) is 18.3. The molecule has 2 fully saturated rings. The number of quaternary nitrogens is 1. The van der Waals surface area contributed by atoms with E-state index in [9.17, 15) is 9.90 Å². The zero-order chi connectivity index (χ0) is 21.8. The smallest absolute Gasteiger partial charge is 0.277 e. The Morgan fingerprint density at radius 2 is 1.81 bits per heavy atom. The Balaban J connectivity index is 1.38. The number of carbonyl (C=O) groups is 1. The maximum absolute atomic E-state index is 13.1. The van der Waals surface area contributed by atoms with Crippen molar-refractivity contribution in [3.8, 4) is 17.2 Å². The average molecular weight is 427 g/mol. The average Bonchev–Trinajstić information content (AvgIpc) is 3.27. The molecular formula is C24H32N3O4+. The van der Waals surface area contributed by atoms with Crippen LogP contribution in [0.15, 0.2) is 42.5 Å². The number of piperazine rings is 1. The largest absolute Gasteiger partial charge is 0.508 e. The van der Waals surface area contributed by atoms with Crippen molar-refractivity contribution in [1.82, 2.24) is 4.90 Å². The molecule has 7 heteroatoms. The van der Waals surface area contributed by atoms with E-state index in [0.717, 1.165) is 68.3 Å². The van der Waals surface area contributed by atoms with Crippen LogP contribution in [0.3, 0.4) is 0 Å². The Kier molecular flexibility index (Phi) is 6.51. The number of benzene rings is 2. The molecule has 4 rings (SSSR count). The number of aromatic hydroxyl groups is 1. The van der Waals surface area contributed by atoms with Crippen LogP contribution in [-0.4, -0.2) is 69.4 Å². The molecule has 0 aliphatic carbocycles. The molecule has 2 aromatic carbocycles. The highest BCUT2D eigenvalue weighted by Gasteiger charge is 2.35. The summed E-state index contributed by atoms with van der Waals surface area (Å²) in [6, 6.07) is 13.4. The highest BCUT2D eigenvalue weighted by atomic mass is 16.5. The van der Waals surface area contributed by atoms with Crippen LogP contribution in [0, 0.1) is 0 Å². The Hall–Kier alpha value is -2.93. The molecular weight excluding hydrogens is 394 g/mol. The Bertz CT molecular complexity index is 894. The fourth-order valence-corrected chi connectivity index (χ4v) is 4.79. The molecule has 2 aromatic rings. The van der Waals surface area contributed by atoms with Gasteiger partial charge in [0.1, 0.15) is 23.3 Å². The number of hydrogen-bond donors (Lipinski definition) is 2. The predicted octanol–water partition coefficient (Wildman–Crippen LogP) is 1.48. The molecule has 0 aromatic heterocycles. The normalized spacial score (nSPS) is 21.2. The van der Waals surface area contributed by atoms with Crippen molar-refractivity contribution in [3.05, 3.63) is 48.0 Å². The van der Waals surface area contributed by atoms with Gasteiger partial charge in [0.2, 0.25) is 0 Å².